The minimum atomic E-state index is -4.32. The smallest absolute Gasteiger partial charge is 0.341 e. The molecule has 4 rings (SSSR count). The number of nitrogens with one attached hydrogen (secondary N) is 1. The fourth-order valence-corrected chi connectivity index (χ4v) is 7.13. The first-order chi connectivity index (χ1) is 18.7. The normalized spacial score (nSPS) is 12.8. The number of hydrogen-bond donors (Lipinski definition) is 1. The predicted molar refractivity (Wildman–Crippen MR) is 146 cm³/mol. The first kappa shape index (κ1) is 28.4. The van der Waals surface area contributed by atoms with Crippen LogP contribution in [0.2, 0.25) is 0 Å². The van der Waals surface area contributed by atoms with Crippen molar-refractivity contribution >= 4 is 43.9 Å². The Kier molecular flexibility index (Phi) is 8.76. The lowest BCUT2D eigenvalue weighted by molar-refractivity contribution is -0.114. The number of methoxy groups -OCH3 is 2. The van der Waals surface area contributed by atoms with Gasteiger partial charge in [-0.05, 0) is 74.6 Å². The van der Waals surface area contributed by atoms with Crippen LogP contribution in [0.1, 0.15) is 40.6 Å². The Morgan fingerprint density at radius 3 is 2.38 bits per heavy atom. The summed E-state index contributed by atoms with van der Waals surface area (Å²) in [5.41, 5.74) is 1.27. The number of esters is 1. The SMILES string of the molecule is CCOC(=O)c1c(NC(=O)CN(c2ccc(F)cc2)S(=O)(=O)c2ccc(OC)c(OC)c2)sc2c1CCCC2. The lowest BCUT2D eigenvalue weighted by Gasteiger charge is -2.24. The van der Waals surface area contributed by atoms with Crippen molar-refractivity contribution in [2.75, 3.05) is 37.0 Å². The molecule has 0 fully saturated rings. The van der Waals surface area contributed by atoms with E-state index in [9.17, 15) is 22.4 Å². The van der Waals surface area contributed by atoms with Gasteiger partial charge < -0.3 is 19.5 Å². The summed E-state index contributed by atoms with van der Waals surface area (Å²) in [5, 5.41) is 3.06. The Balaban J connectivity index is 1.69. The highest BCUT2D eigenvalue weighted by atomic mass is 32.2. The van der Waals surface area contributed by atoms with Crippen LogP contribution in [-0.2, 0) is 32.4 Å². The largest absolute Gasteiger partial charge is 0.493 e. The van der Waals surface area contributed by atoms with Crippen molar-refractivity contribution < 1.29 is 36.6 Å². The third-order valence-electron chi connectivity index (χ3n) is 6.25. The van der Waals surface area contributed by atoms with Crippen LogP contribution in [0.4, 0.5) is 15.1 Å². The molecule has 1 aromatic heterocycles. The van der Waals surface area contributed by atoms with Crippen molar-refractivity contribution in [1.29, 1.82) is 0 Å². The Morgan fingerprint density at radius 2 is 1.72 bits per heavy atom. The van der Waals surface area contributed by atoms with Gasteiger partial charge in [-0.3, -0.25) is 9.10 Å². The maximum atomic E-state index is 13.8. The Hall–Kier alpha value is -3.64. The van der Waals surface area contributed by atoms with E-state index in [0.717, 1.165) is 46.1 Å². The van der Waals surface area contributed by atoms with Crippen LogP contribution in [0.25, 0.3) is 0 Å². The van der Waals surface area contributed by atoms with E-state index in [-0.39, 0.29) is 22.9 Å². The van der Waals surface area contributed by atoms with Crippen LogP contribution >= 0.6 is 11.3 Å². The predicted octanol–water partition coefficient (Wildman–Crippen LogP) is 4.79. The molecular weight excluding hydrogens is 547 g/mol. The van der Waals surface area contributed by atoms with Gasteiger partial charge in [0.2, 0.25) is 5.91 Å². The number of nitrogens with zero attached hydrogens (tertiary/aromatic N) is 1. The molecule has 3 aromatic rings. The second kappa shape index (κ2) is 12.0. The molecule has 1 heterocycles. The molecule has 12 heteroatoms. The minimum Gasteiger partial charge on any atom is -0.493 e. The number of benzene rings is 2. The molecule has 208 valence electrons. The van der Waals surface area contributed by atoms with Gasteiger partial charge in [-0.15, -0.1) is 11.3 Å². The number of anilines is 2. The van der Waals surface area contributed by atoms with Crippen molar-refractivity contribution in [3.63, 3.8) is 0 Å². The number of amides is 1. The van der Waals surface area contributed by atoms with Crippen molar-refractivity contribution in [1.82, 2.24) is 0 Å². The van der Waals surface area contributed by atoms with E-state index in [2.05, 4.69) is 5.32 Å². The molecule has 0 saturated carbocycles. The van der Waals surface area contributed by atoms with Crippen molar-refractivity contribution in [2.24, 2.45) is 0 Å². The molecule has 0 atom stereocenters. The zero-order valence-electron chi connectivity index (χ0n) is 21.8. The van der Waals surface area contributed by atoms with E-state index < -0.39 is 34.3 Å². The maximum Gasteiger partial charge on any atom is 0.341 e. The molecule has 0 unspecified atom stereocenters. The van der Waals surface area contributed by atoms with Gasteiger partial charge in [0.15, 0.2) is 11.5 Å². The molecule has 0 aliphatic heterocycles. The molecule has 9 nitrogen and oxygen atoms in total. The molecule has 0 spiro atoms. The van der Waals surface area contributed by atoms with E-state index in [4.69, 9.17) is 14.2 Å². The first-order valence-electron chi connectivity index (χ1n) is 12.3. The summed E-state index contributed by atoms with van der Waals surface area (Å²) >= 11 is 1.30. The molecule has 1 amide bonds. The van der Waals surface area contributed by atoms with Gasteiger partial charge >= 0.3 is 5.97 Å². The Morgan fingerprint density at radius 1 is 1.03 bits per heavy atom. The molecule has 1 aliphatic rings. The second-order valence-corrected chi connectivity index (χ2v) is 11.7. The maximum absolute atomic E-state index is 13.8. The lowest BCUT2D eigenvalue weighted by Crippen LogP contribution is -2.38. The number of hydrogen-bond acceptors (Lipinski definition) is 8. The van der Waals surface area contributed by atoms with Gasteiger partial charge in [0.1, 0.15) is 17.4 Å². The van der Waals surface area contributed by atoms with Crippen LogP contribution < -0.4 is 19.1 Å². The lowest BCUT2D eigenvalue weighted by atomic mass is 9.95. The number of rotatable bonds is 10. The summed E-state index contributed by atoms with van der Waals surface area (Å²) in [5.74, 6) is -1.25. The van der Waals surface area contributed by atoms with Gasteiger partial charge in [-0.1, -0.05) is 0 Å². The summed E-state index contributed by atoms with van der Waals surface area (Å²) in [4.78, 5) is 27.0. The summed E-state index contributed by atoms with van der Waals surface area (Å²) in [6, 6.07) is 8.82. The third-order valence-corrected chi connectivity index (χ3v) is 9.23. The molecule has 0 bridgehead atoms. The van der Waals surface area contributed by atoms with E-state index in [1.807, 2.05) is 0 Å². The third kappa shape index (κ3) is 6.01. The second-order valence-electron chi connectivity index (χ2n) is 8.69. The van der Waals surface area contributed by atoms with Gasteiger partial charge in [0, 0.05) is 10.9 Å². The van der Waals surface area contributed by atoms with Gasteiger partial charge in [0.05, 0.1) is 37.0 Å². The van der Waals surface area contributed by atoms with Crippen LogP contribution in [-0.4, -0.2) is 47.7 Å². The zero-order valence-corrected chi connectivity index (χ0v) is 23.4. The number of sulfonamides is 1. The van der Waals surface area contributed by atoms with Crippen LogP contribution in [0.5, 0.6) is 11.5 Å². The summed E-state index contributed by atoms with van der Waals surface area (Å²) in [6.07, 6.45) is 3.39. The number of halogens is 1. The highest BCUT2D eigenvalue weighted by Crippen LogP contribution is 2.39. The molecular formula is C27H29FN2O7S2. The van der Waals surface area contributed by atoms with E-state index >= 15 is 0 Å². The van der Waals surface area contributed by atoms with E-state index in [1.165, 1.54) is 55.9 Å². The molecule has 0 radical (unpaired) electrons. The molecule has 1 N–H and O–H groups in total. The molecule has 1 aliphatic carbocycles. The number of aryl methyl sites for hydroxylation is 1. The monoisotopic (exact) mass is 576 g/mol. The van der Waals surface area contributed by atoms with Crippen LogP contribution in [0.15, 0.2) is 47.4 Å². The fraction of sp³-hybridized carbons (Fsp3) is 0.333. The molecule has 0 saturated heterocycles. The highest BCUT2D eigenvalue weighted by Gasteiger charge is 2.31. The zero-order chi connectivity index (χ0) is 28.2. The quantitative estimate of drug-likeness (QED) is 0.346. The topological polar surface area (TPSA) is 111 Å². The molecule has 39 heavy (non-hydrogen) atoms. The van der Waals surface area contributed by atoms with Crippen molar-refractivity contribution in [3.05, 3.63) is 64.3 Å². The number of ether oxygens (including phenoxy) is 3. The minimum absolute atomic E-state index is 0.0809. The molecule has 2 aromatic carbocycles. The summed E-state index contributed by atoms with van der Waals surface area (Å²) in [7, 11) is -1.52. The number of thiophene rings is 1. The average Bonchev–Trinajstić information content (AvgIpc) is 3.29. The number of carbonyl (C=O) groups is 2. The van der Waals surface area contributed by atoms with E-state index in [1.54, 1.807) is 6.92 Å². The van der Waals surface area contributed by atoms with Gasteiger partial charge in [-0.2, -0.15) is 0 Å². The van der Waals surface area contributed by atoms with Crippen LogP contribution in [0, 0.1) is 5.82 Å². The van der Waals surface area contributed by atoms with Crippen LogP contribution in [0.3, 0.4) is 0 Å². The average molecular weight is 577 g/mol. The standard InChI is InChI=1S/C27H29FN2O7S2/c1-4-37-27(32)25-20-7-5-6-8-23(20)38-26(25)29-24(31)16-30(18-11-9-17(28)10-12-18)39(33,34)19-13-14-21(35-2)22(15-19)36-3/h9-15H,4-8,16H2,1-3H3,(H,29,31). The number of carbonyl (C=O) groups excluding carboxylic acids is 2. The van der Waals surface area contributed by atoms with Gasteiger partial charge in [-0.25, -0.2) is 17.6 Å². The van der Waals surface area contributed by atoms with E-state index in [0.29, 0.717) is 22.7 Å². The first-order valence-corrected chi connectivity index (χ1v) is 14.6. The Bertz CT molecular complexity index is 1470. The fourth-order valence-electron chi connectivity index (χ4n) is 4.40. The van der Waals surface area contributed by atoms with Gasteiger partial charge in [0.25, 0.3) is 10.0 Å². The summed E-state index contributed by atoms with van der Waals surface area (Å²) < 4.78 is 57.8. The van der Waals surface area contributed by atoms with Crippen molar-refractivity contribution in [3.8, 4) is 11.5 Å². The summed E-state index contributed by atoms with van der Waals surface area (Å²) in [6.45, 7) is 1.25. The highest BCUT2D eigenvalue weighted by molar-refractivity contribution is 7.92. The number of fused-ring (bicyclic) bond motifs is 1. The Labute approximate surface area is 230 Å². The van der Waals surface area contributed by atoms with Crippen molar-refractivity contribution in [2.45, 2.75) is 37.5 Å².